The number of carbonyl (C=O) groups excluding carboxylic acids is 1. The molecule has 1 heterocycles. The first-order valence-corrected chi connectivity index (χ1v) is 8.70. The maximum Gasteiger partial charge on any atom is 0.241 e. The zero-order valence-electron chi connectivity index (χ0n) is 12.2. The average Bonchev–Trinajstić information content (AvgIpc) is 2.76. The Hall–Kier alpha value is -1.20. The summed E-state index contributed by atoms with van der Waals surface area (Å²) in [7, 11) is -0.913. The molecule has 1 amide bonds. The van der Waals surface area contributed by atoms with Crippen LogP contribution in [0.1, 0.15) is 32.0 Å². The second-order valence-corrected chi connectivity index (χ2v) is 6.75. The second kappa shape index (κ2) is 6.50. The summed E-state index contributed by atoms with van der Waals surface area (Å²) in [6, 6.07) is 9.77. The summed E-state index contributed by atoms with van der Waals surface area (Å²) < 4.78 is 11.5. The monoisotopic (exact) mass is 294 g/mol. The molecule has 110 valence electrons. The molecule has 5 heteroatoms. The zero-order chi connectivity index (χ0) is 14.7. The lowest BCUT2D eigenvalue weighted by molar-refractivity contribution is -0.131. The first-order chi connectivity index (χ1) is 9.54. The third kappa shape index (κ3) is 3.10. The van der Waals surface area contributed by atoms with Gasteiger partial charge < -0.3 is 4.90 Å². The fourth-order valence-electron chi connectivity index (χ4n) is 2.73. The summed E-state index contributed by atoms with van der Waals surface area (Å²) in [5.74, 6) is 0.618. The summed E-state index contributed by atoms with van der Waals surface area (Å²) in [6.07, 6.45) is 2.33. The molecule has 1 aliphatic heterocycles. The lowest BCUT2D eigenvalue weighted by Crippen LogP contribution is -2.41. The molecule has 0 bridgehead atoms. The van der Waals surface area contributed by atoms with Crippen molar-refractivity contribution in [3.05, 3.63) is 35.9 Å². The number of hydrogen-bond donors (Lipinski definition) is 1. The first-order valence-electron chi connectivity index (χ1n) is 6.97. The predicted molar refractivity (Wildman–Crippen MR) is 81.6 cm³/mol. The Morgan fingerprint density at radius 1 is 1.35 bits per heavy atom. The number of carbonyl (C=O) groups is 1. The maximum absolute atomic E-state index is 12.5. The van der Waals surface area contributed by atoms with Crippen LogP contribution in [0.5, 0.6) is 0 Å². The maximum atomic E-state index is 12.5. The van der Waals surface area contributed by atoms with Gasteiger partial charge in [-0.25, -0.2) is 0 Å². The highest BCUT2D eigenvalue weighted by molar-refractivity contribution is 7.84. The largest absolute Gasteiger partial charge is 0.318 e. The molecule has 20 heavy (non-hydrogen) atoms. The van der Waals surface area contributed by atoms with E-state index in [1.807, 2.05) is 49.1 Å². The molecule has 0 spiro atoms. The third-order valence-corrected chi connectivity index (χ3v) is 4.62. The summed E-state index contributed by atoms with van der Waals surface area (Å²) >= 11 is 0. The first kappa shape index (κ1) is 15.2. The van der Waals surface area contributed by atoms with E-state index in [2.05, 4.69) is 5.32 Å². The molecule has 0 radical (unpaired) electrons. The van der Waals surface area contributed by atoms with Gasteiger partial charge in [-0.3, -0.25) is 14.3 Å². The quantitative estimate of drug-likeness (QED) is 0.898. The molecular weight excluding hydrogens is 272 g/mol. The van der Waals surface area contributed by atoms with Crippen molar-refractivity contribution in [1.29, 1.82) is 0 Å². The van der Waals surface area contributed by atoms with Crippen molar-refractivity contribution in [2.45, 2.75) is 38.5 Å². The minimum Gasteiger partial charge on any atom is -0.318 e. The van der Waals surface area contributed by atoms with Crippen molar-refractivity contribution in [2.24, 2.45) is 0 Å². The van der Waals surface area contributed by atoms with Crippen molar-refractivity contribution in [1.82, 2.24) is 10.2 Å². The van der Waals surface area contributed by atoms with Crippen LogP contribution >= 0.6 is 0 Å². The normalized spacial score (nSPS) is 25.8. The van der Waals surface area contributed by atoms with Gasteiger partial charge in [0, 0.05) is 28.9 Å². The van der Waals surface area contributed by atoms with Gasteiger partial charge in [-0.1, -0.05) is 37.3 Å². The Labute approximate surface area is 123 Å². The van der Waals surface area contributed by atoms with E-state index in [1.54, 1.807) is 6.26 Å². The molecule has 0 aromatic heterocycles. The average molecular weight is 294 g/mol. The molecule has 1 aliphatic rings. The molecule has 4 atom stereocenters. The molecule has 1 fully saturated rings. The van der Waals surface area contributed by atoms with Crippen LogP contribution in [-0.2, 0) is 15.6 Å². The van der Waals surface area contributed by atoms with Gasteiger partial charge in [0.1, 0.15) is 6.17 Å². The lowest BCUT2D eigenvalue weighted by atomic mass is 10.1. The number of amides is 1. The Bertz CT molecular complexity index is 492. The van der Waals surface area contributed by atoms with E-state index in [1.165, 1.54) is 0 Å². The highest BCUT2D eigenvalue weighted by Crippen LogP contribution is 2.28. The van der Waals surface area contributed by atoms with E-state index in [0.717, 1.165) is 12.0 Å². The predicted octanol–water partition coefficient (Wildman–Crippen LogP) is 1.66. The Balaban J connectivity index is 2.28. The highest BCUT2D eigenvalue weighted by Gasteiger charge is 2.41. The molecule has 4 nitrogen and oxygen atoms in total. The van der Waals surface area contributed by atoms with Crippen LogP contribution in [-0.4, -0.2) is 39.1 Å². The van der Waals surface area contributed by atoms with Crippen LogP contribution < -0.4 is 5.32 Å². The zero-order valence-corrected chi connectivity index (χ0v) is 13.0. The Kier molecular flexibility index (Phi) is 4.94. The fourth-order valence-corrected chi connectivity index (χ4v) is 3.57. The van der Waals surface area contributed by atoms with Gasteiger partial charge in [0.25, 0.3) is 0 Å². The van der Waals surface area contributed by atoms with E-state index in [0.29, 0.717) is 5.75 Å². The molecular formula is C15H22N2O2S. The van der Waals surface area contributed by atoms with Crippen LogP contribution in [0.3, 0.4) is 0 Å². The molecule has 0 aliphatic carbocycles. The molecule has 0 saturated carbocycles. The number of nitrogens with one attached hydrogen (secondary N) is 1. The topological polar surface area (TPSA) is 49.4 Å². The molecule has 2 rings (SSSR count). The van der Waals surface area contributed by atoms with Gasteiger partial charge in [0.15, 0.2) is 0 Å². The van der Waals surface area contributed by atoms with Gasteiger partial charge in [-0.15, -0.1) is 0 Å². The molecule has 1 aromatic rings. The van der Waals surface area contributed by atoms with Gasteiger partial charge >= 0.3 is 0 Å². The van der Waals surface area contributed by atoms with Gasteiger partial charge in [-0.2, -0.15) is 0 Å². The van der Waals surface area contributed by atoms with Crippen molar-refractivity contribution in [2.75, 3.05) is 12.0 Å². The van der Waals surface area contributed by atoms with Crippen molar-refractivity contribution < 1.29 is 9.00 Å². The summed E-state index contributed by atoms with van der Waals surface area (Å²) in [6.45, 7) is 3.97. The van der Waals surface area contributed by atoms with E-state index >= 15 is 0 Å². The number of benzene rings is 1. The van der Waals surface area contributed by atoms with E-state index in [9.17, 15) is 9.00 Å². The lowest BCUT2D eigenvalue weighted by Gasteiger charge is -2.30. The van der Waals surface area contributed by atoms with Crippen molar-refractivity contribution in [3.8, 4) is 0 Å². The molecule has 1 aromatic carbocycles. The van der Waals surface area contributed by atoms with Gasteiger partial charge in [0.2, 0.25) is 5.91 Å². The van der Waals surface area contributed by atoms with Gasteiger partial charge in [0.05, 0.1) is 6.04 Å². The number of nitrogens with zero attached hydrogens (tertiary/aromatic N) is 1. The summed E-state index contributed by atoms with van der Waals surface area (Å²) in [5, 5.41) is 3.39. The molecule has 4 unspecified atom stereocenters. The second-order valence-electron chi connectivity index (χ2n) is 5.28. The van der Waals surface area contributed by atoms with Gasteiger partial charge in [-0.05, 0) is 18.9 Å². The highest BCUT2D eigenvalue weighted by atomic mass is 32.2. The number of rotatable bonds is 5. The van der Waals surface area contributed by atoms with Crippen LogP contribution in [0.4, 0.5) is 0 Å². The van der Waals surface area contributed by atoms with E-state index < -0.39 is 10.8 Å². The Morgan fingerprint density at radius 2 is 2.00 bits per heavy atom. The van der Waals surface area contributed by atoms with Crippen LogP contribution in [0.25, 0.3) is 0 Å². The van der Waals surface area contributed by atoms with Crippen molar-refractivity contribution in [3.63, 3.8) is 0 Å². The summed E-state index contributed by atoms with van der Waals surface area (Å²) in [5.41, 5.74) is 1.07. The number of hydrogen-bond acceptors (Lipinski definition) is 3. The Morgan fingerprint density at radius 3 is 2.55 bits per heavy atom. The SMILES string of the molecule is CCC1NC(c2ccccc2)N(C(C)CS(C)=O)C1=O. The fraction of sp³-hybridized carbons (Fsp3) is 0.533. The smallest absolute Gasteiger partial charge is 0.241 e. The van der Waals surface area contributed by atoms with Crippen LogP contribution in [0, 0.1) is 0 Å². The minimum absolute atomic E-state index is 0.0393. The minimum atomic E-state index is -0.913. The standard InChI is InChI=1S/C15H22N2O2S/c1-4-13-15(18)17(11(2)10-20(3)19)14(16-13)12-8-6-5-7-9-12/h5-9,11,13-14,16H,4,10H2,1-3H3. The molecule has 1 N–H and O–H groups in total. The van der Waals surface area contributed by atoms with E-state index in [4.69, 9.17) is 0 Å². The third-order valence-electron chi connectivity index (χ3n) is 3.66. The van der Waals surface area contributed by atoms with Crippen LogP contribution in [0.15, 0.2) is 30.3 Å². The van der Waals surface area contributed by atoms with Crippen molar-refractivity contribution >= 4 is 16.7 Å². The van der Waals surface area contributed by atoms with E-state index in [-0.39, 0.29) is 24.2 Å². The summed E-state index contributed by atoms with van der Waals surface area (Å²) in [4.78, 5) is 14.4. The molecule has 1 saturated heterocycles. The van der Waals surface area contributed by atoms with Crippen LogP contribution in [0.2, 0.25) is 0 Å².